The zero-order valence-corrected chi connectivity index (χ0v) is 20.2. The Morgan fingerprint density at radius 1 is 1.03 bits per heavy atom. The molecule has 9 heteroatoms. The average Bonchev–Trinajstić information content (AvgIpc) is 3.21. The van der Waals surface area contributed by atoms with Gasteiger partial charge in [0.2, 0.25) is 0 Å². The summed E-state index contributed by atoms with van der Waals surface area (Å²) in [4.78, 5) is 22.4. The van der Waals surface area contributed by atoms with E-state index >= 15 is 0 Å². The summed E-state index contributed by atoms with van der Waals surface area (Å²) in [6.07, 6.45) is 1.71. The Morgan fingerprint density at radius 3 is 2.50 bits per heavy atom. The maximum absolute atomic E-state index is 14.0. The first-order chi connectivity index (χ1) is 17.4. The van der Waals surface area contributed by atoms with Crippen molar-refractivity contribution in [3.63, 3.8) is 0 Å². The van der Waals surface area contributed by atoms with Crippen LogP contribution >= 0.6 is 0 Å². The number of nitrogens with zero attached hydrogens (tertiary/aromatic N) is 4. The van der Waals surface area contributed by atoms with Crippen LogP contribution < -0.4 is 15.0 Å². The van der Waals surface area contributed by atoms with Gasteiger partial charge in [-0.15, -0.1) is 0 Å². The van der Waals surface area contributed by atoms with Crippen molar-refractivity contribution in [3.05, 3.63) is 89.4 Å². The standard InChI is InChI=1S/C27H27F2N5O2/c1-18-25(27(35)31-19-6-3-7-20(16-19)33-14-12-32(2)13-15-33)34-11-5-10-24(26(34)30-18)36-17-21-22(28)8-4-9-23(21)29/h3-11,16H,12-15,17H2,1-2H3,(H,31,35). The molecule has 0 unspecified atom stereocenters. The lowest BCUT2D eigenvalue weighted by Crippen LogP contribution is -2.44. The molecule has 1 aliphatic heterocycles. The maximum atomic E-state index is 14.0. The van der Waals surface area contributed by atoms with Crippen LogP contribution in [0.15, 0.2) is 60.8 Å². The smallest absolute Gasteiger partial charge is 0.274 e. The number of halogens is 2. The molecule has 7 nitrogen and oxygen atoms in total. The monoisotopic (exact) mass is 491 g/mol. The molecule has 0 saturated carbocycles. The zero-order valence-electron chi connectivity index (χ0n) is 20.2. The van der Waals surface area contributed by atoms with E-state index in [-0.39, 0.29) is 18.1 Å². The third-order valence-electron chi connectivity index (χ3n) is 6.41. The second-order valence-electron chi connectivity index (χ2n) is 8.90. The molecule has 0 spiro atoms. The molecule has 4 aromatic rings. The summed E-state index contributed by atoms with van der Waals surface area (Å²) in [5.41, 5.74) is 2.84. The van der Waals surface area contributed by atoms with Gasteiger partial charge in [-0.2, -0.15) is 0 Å². The highest BCUT2D eigenvalue weighted by atomic mass is 19.1. The molecule has 2 aromatic carbocycles. The predicted octanol–water partition coefficient (Wildman–Crippen LogP) is 4.50. The molecule has 36 heavy (non-hydrogen) atoms. The lowest BCUT2D eigenvalue weighted by Gasteiger charge is -2.34. The highest BCUT2D eigenvalue weighted by Crippen LogP contribution is 2.26. The van der Waals surface area contributed by atoms with E-state index in [9.17, 15) is 13.6 Å². The van der Waals surface area contributed by atoms with E-state index in [0.29, 0.717) is 28.5 Å². The minimum absolute atomic E-state index is 0.166. The van der Waals surface area contributed by atoms with E-state index < -0.39 is 11.6 Å². The van der Waals surface area contributed by atoms with Crippen LogP contribution in [-0.4, -0.2) is 53.4 Å². The molecule has 5 rings (SSSR count). The molecule has 0 aliphatic carbocycles. The van der Waals surface area contributed by atoms with E-state index in [1.807, 2.05) is 24.3 Å². The highest BCUT2D eigenvalue weighted by Gasteiger charge is 2.20. The minimum atomic E-state index is -0.680. The summed E-state index contributed by atoms with van der Waals surface area (Å²) in [6, 6.07) is 14.8. The zero-order chi connectivity index (χ0) is 25.2. The molecule has 1 saturated heterocycles. The van der Waals surface area contributed by atoms with Crippen LogP contribution in [0.4, 0.5) is 20.2 Å². The molecule has 2 aromatic heterocycles. The molecule has 1 aliphatic rings. The Bertz CT molecular complexity index is 1390. The summed E-state index contributed by atoms with van der Waals surface area (Å²) in [6.45, 7) is 5.28. The lowest BCUT2D eigenvalue weighted by atomic mass is 10.2. The van der Waals surface area contributed by atoms with Gasteiger partial charge in [-0.3, -0.25) is 9.20 Å². The van der Waals surface area contributed by atoms with Gasteiger partial charge in [0.15, 0.2) is 11.4 Å². The maximum Gasteiger partial charge on any atom is 0.274 e. The largest absolute Gasteiger partial charge is 0.485 e. The number of likely N-dealkylation sites (N-methyl/N-ethyl adjacent to an activating group) is 1. The van der Waals surface area contributed by atoms with Crippen molar-refractivity contribution in [2.45, 2.75) is 13.5 Å². The fourth-order valence-electron chi connectivity index (χ4n) is 4.40. The molecule has 0 bridgehead atoms. The number of carbonyl (C=O) groups excluding carboxylic acids is 1. The van der Waals surface area contributed by atoms with Crippen LogP contribution in [0.2, 0.25) is 0 Å². The van der Waals surface area contributed by atoms with Crippen molar-refractivity contribution in [2.75, 3.05) is 43.4 Å². The number of hydrogen-bond acceptors (Lipinski definition) is 5. The van der Waals surface area contributed by atoms with E-state index in [2.05, 4.69) is 27.1 Å². The van der Waals surface area contributed by atoms with Gasteiger partial charge < -0.3 is 19.9 Å². The minimum Gasteiger partial charge on any atom is -0.485 e. The molecule has 3 heterocycles. The van der Waals surface area contributed by atoms with E-state index in [1.54, 1.807) is 29.7 Å². The Kier molecular flexibility index (Phi) is 6.56. The SMILES string of the molecule is Cc1nc2c(OCc3c(F)cccc3F)cccn2c1C(=O)Nc1cccc(N2CCN(C)CC2)c1. The van der Waals surface area contributed by atoms with Crippen LogP contribution in [-0.2, 0) is 6.61 Å². The molecular weight excluding hydrogens is 464 g/mol. The molecule has 186 valence electrons. The van der Waals surface area contributed by atoms with Gasteiger partial charge >= 0.3 is 0 Å². The lowest BCUT2D eigenvalue weighted by molar-refractivity contribution is 0.102. The van der Waals surface area contributed by atoms with Crippen LogP contribution in [0.1, 0.15) is 21.7 Å². The van der Waals surface area contributed by atoms with Gasteiger partial charge in [-0.1, -0.05) is 12.1 Å². The van der Waals surface area contributed by atoms with Gasteiger partial charge in [0.25, 0.3) is 5.91 Å². The predicted molar refractivity (Wildman–Crippen MR) is 135 cm³/mol. The quantitative estimate of drug-likeness (QED) is 0.430. The Hall–Kier alpha value is -3.98. The first kappa shape index (κ1) is 23.7. The van der Waals surface area contributed by atoms with Gasteiger partial charge in [0, 0.05) is 43.8 Å². The molecule has 1 amide bonds. The number of aromatic nitrogens is 2. The molecule has 0 atom stereocenters. The summed E-state index contributed by atoms with van der Waals surface area (Å²) < 4.78 is 35.4. The number of aryl methyl sites for hydroxylation is 1. The van der Waals surface area contributed by atoms with Crippen LogP contribution in [0.3, 0.4) is 0 Å². The number of amides is 1. The Labute approximate surface area is 207 Å². The number of rotatable bonds is 6. The normalized spacial score (nSPS) is 14.3. The summed E-state index contributed by atoms with van der Waals surface area (Å²) in [5, 5.41) is 2.98. The summed E-state index contributed by atoms with van der Waals surface area (Å²) in [5.74, 6) is -1.35. The number of nitrogens with one attached hydrogen (secondary N) is 1. The first-order valence-electron chi connectivity index (χ1n) is 11.8. The second kappa shape index (κ2) is 9.94. The topological polar surface area (TPSA) is 62.1 Å². The number of imidazole rings is 1. The van der Waals surface area contributed by atoms with E-state index in [4.69, 9.17) is 4.74 Å². The van der Waals surface area contributed by atoms with Crippen LogP contribution in [0, 0.1) is 18.6 Å². The van der Waals surface area contributed by atoms with Gasteiger partial charge in [-0.25, -0.2) is 13.8 Å². The number of anilines is 2. The molecule has 0 radical (unpaired) electrons. The third kappa shape index (κ3) is 4.74. The fourth-order valence-corrected chi connectivity index (χ4v) is 4.40. The molecule has 1 fully saturated rings. The number of pyridine rings is 1. The fraction of sp³-hybridized carbons (Fsp3) is 0.259. The second-order valence-corrected chi connectivity index (χ2v) is 8.90. The van der Waals surface area contributed by atoms with Crippen molar-refractivity contribution in [1.82, 2.24) is 14.3 Å². The van der Waals surface area contributed by atoms with Crippen molar-refractivity contribution in [1.29, 1.82) is 0 Å². The van der Waals surface area contributed by atoms with Crippen molar-refractivity contribution in [3.8, 4) is 5.75 Å². The summed E-state index contributed by atoms with van der Waals surface area (Å²) >= 11 is 0. The summed E-state index contributed by atoms with van der Waals surface area (Å²) in [7, 11) is 2.11. The van der Waals surface area contributed by atoms with E-state index in [1.165, 1.54) is 18.2 Å². The average molecular weight is 492 g/mol. The van der Waals surface area contributed by atoms with Gasteiger partial charge in [0.05, 0.1) is 11.3 Å². The van der Waals surface area contributed by atoms with Crippen molar-refractivity contribution < 1.29 is 18.3 Å². The number of piperazine rings is 1. The Morgan fingerprint density at radius 2 is 1.75 bits per heavy atom. The third-order valence-corrected chi connectivity index (χ3v) is 6.41. The number of ether oxygens (including phenoxy) is 1. The van der Waals surface area contributed by atoms with Crippen LogP contribution in [0.5, 0.6) is 5.75 Å². The number of hydrogen-bond donors (Lipinski definition) is 1. The number of benzene rings is 2. The van der Waals surface area contributed by atoms with Crippen molar-refractivity contribution >= 4 is 22.9 Å². The number of carbonyl (C=O) groups is 1. The van der Waals surface area contributed by atoms with Gasteiger partial charge in [0.1, 0.15) is 23.9 Å². The number of fused-ring (bicyclic) bond motifs is 1. The van der Waals surface area contributed by atoms with Crippen molar-refractivity contribution in [2.24, 2.45) is 0 Å². The molecule has 1 N–H and O–H groups in total. The van der Waals surface area contributed by atoms with E-state index in [0.717, 1.165) is 31.9 Å². The molecular formula is C27H27F2N5O2. The first-order valence-corrected chi connectivity index (χ1v) is 11.8. The highest BCUT2D eigenvalue weighted by molar-refractivity contribution is 6.04. The van der Waals surface area contributed by atoms with Gasteiger partial charge in [-0.05, 0) is 56.4 Å². The van der Waals surface area contributed by atoms with Crippen LogP contribution in [0.25, 0.3) is 5.65 Å². The Balaban J connectivity index is 1.37.